The second kappa shape index (κ2) is 9.30. The van der Waals surface area contributed by atoms with Crippen LogP contribution in [-0.4, -0.2) is 35.7 Å². The predicted octanol–water partition coefficient (Wildman–Crippen LogP) is 2.30. The van der Waals surface area contributed by atoms with Gasteiger partial charge in [-0.15, -0.1) is 12.4 Å². The Kier molecular flexibility index (Phi) is 7.10. The van der Waals surface area contributed by atoms with Crippen LogP contribution < -0.4 is 11.1 Å². The summed E-state index contributed by atoms with van der Waals surface area (Å²) in [6, 6.07) is 15.3. The molecule has 6 nitrogen and oxygen atoms in total. The predicted molar refractivity (Wildman–Crippen MR) is 105 cm³/mol. The number of unbranched alkanes of at least 4 members (excludes halogenated alkanes) is 1. The molecule has 3 amide bonds. The zero-order valence-electron chi connectivity index (χ0n) is 14.8. The molecule has 7 heteroatoms. The molecule has 27 heavy (non-hydrogen) atoms. The van der Waals surface area contributed by atoms with Crippen LogP contribution in [0.5, 0.6) is 0 Å². The highest BCUT2D eigenvalue weighted by atomic mass is 35.5. The smallest absolute Gasteiger partial charge is 0.261 e. The van der Waals surface area contributed by atoms with Crippen molar-refractivity contribution in [1.82, 2.24) is 10.2 Å². The Morgan fingerprint density at radius 1 is 0.926 bits per heavy atom. The molecule has 0 aromatic heterocycles. The number of hydrogen-bond acceptors (Lipinski definition) is 4. The Hall–Kier alpha value is -2.70. The van der Waals surface area contributed by atoms with Crippen molar-refractivity contribution in [1.29, 1.82) is 0 Å². The second-order valence-corrected chi connectivity index (χ2v) is 6.19. The van der Waals surface area contributed by atoms with Crippen molar-refractivity contribution in [3.05, 3.63) is 71.3 Å². The molecule has 0 radical (unpaired) electrons. The minimum atomic E-state index is -0.701. The summed E-state index contributed by atoms with van der Waals surface area (Å²) in [4.78, 5) is 37.8. The molecule has 0 saturated carbocycles. The van der Waals surface area contributed by atoms with Crippen LogP contribution in [0.25, 0.3) is 0 Å². The molecule has 0 spiro atoms. The number of hydrogen-bond donors (Lipinski definition) is 2. The molecule has 3 rings (SSSR count). The van der Waals surface area contributed by atoms with Crippen LogP contribution in [0.1, 0.15) is 45.2 Å². The molecule has 142 valence electrons. The average molecular weight is 388 g/mol. The molecule has 3 N–H and O–H groups in total. The van der Waals surface area contributed by atoms with Gasteiger partial charge in [-0.05, 0) is 30.5 Å². The zero-order valence-corrected chi connectivity index (χ0v) is 15.6. The number of halogens is 1. The minimum Gasteiger partial charge on any atom is -0.354 e. The largest absolute Gasteiger partial charge is 0.354 e. The first-order valence-corrected chi connectivity index (χ1v) is 8.63. The molecule has 1 unspecified atom stereocenters. The maximum Gasteiger partial charge on any atom is 0.261 e. The number of fused-ring (bicyclic) bond motifs is 1. The number of rotatable bonds is 7. The van der Waals surface area contributed by atoms with Gasteiger partial charge >= 0.3 is 0 Å². The SMILES string of the molecule is Cl.NC(C(=O)NCCCCN1C(=O)c2ccccc2C1=O)c1ccccc1. The first-order valence-electron chi connectivity index (χ1n) is 8.63. The van der Waals surface area contributed by atoms with Gasteiger partial charge in [0, 0.05) is 13.1 Å². The van der Waals surface area contributed by atoms with Gasteiger partial charge in [-0.2, -0.15) is 0 Å². The fourth-order valence-corrected chi connectivity index (χ4v) is 2.97. The van der Waals surface area contributed by atoms with Crippen LogP contribution in [0.4, 0.5) is 0 Å². The number of carbonyl (C=O) groups is 3. The lowest BCUT2D eigenvalue weighted by Gasteiger charge is -2.15. The molecule has 1 aliphatic rings. The third-order valence-electron chi connectivity index (χ3n) is 4.43. The number of nitrogens with two attached hydrogens (primary N) is 1. The van der Waals surface area contributed by atoms with Crippen molar-refractivity contribution >= 4 is 30.1 Å². The van der Waals surface area contributed by atoms with Crippen LogP contribution in [0.2, 0.25) is 0 Å². The molecular formula is C20H22ClN3O3. The number of imide groups is 1. The van der Waals surface area contributed by atoms with Gasteiger partial charge < -0.3 is 11.1 Å². The molecule has 2 aromatic carbocycles. The van der Waals surface area contributed by atoms with E-state index in [1.807, 2.05) is 30.3 Å². The molecule has 1 heterocycles. The summed E-state index contributed by atoms with van der Waals surface area (Å²) in [6.07, 6.45) is 1.27. The first kappa shape index (κ1) is 20.6. The maximum absolute atomic E-state index is 12.2. The third kappa shape index (κ3) is 4.53. The Labute approximate surface area is 164 Å². The molecule has 0 saturated heterocycles. The lowest BCUT2D eigenvalue weighted by molar-refractivity contribution is -0.122. The van der Waals surface area contributed by atoms with E-state index >= 15 is 0 Å². The van der Waals surface area contributed by atoms with Crippen molar-refractivity contribution < 1.29 is 14.4 Å². The van der Waals surface area contributed by atoms with Crippen LogP contribution >= 0.6 is 12.4 Å². The average Bonchev–Trinajstić information content (AvgIpc) is 2.92. The third-order valence-corrected chi connectivity index (χ3v) is 4.43. The van der Waals surface area contributed by atoms with E-state index < -0.39 is 6.04 Å². The van der Waals surface area contributed by atoms with E-state index in [0.29, 0.717) is 37.1 Å². The second-order valence-electron chi connectivity index (χ2n) is 6.19. The Balaban J connectivity index is 0.00000261. The molecule has 0 bridgehead atoms. The highest BCUT2D eigenvalue weighted by Crippen LogP contribution is 2.22. The van der Waals surface area contributed by atoms with E-state index in [0.717, 1.165) is 5.56 Å². The highest BCUT2D eigenvalue weighted by Gasteiger charge is 2.34. The van der Waals surface area contributed by atoms with Gasteiger partial charge in [0.1, 0.15) is 6.04 Å². The van der Waals surface area contributed by atoms with Crippen molar-refractivity contribution in [3.8, 4) is 0 Å². The number of nitrogens with zero attached hydrogens (tertiary/aromatic N) is 1. The van der Waals surface area contributed by atoms with Gasteiger partial charge in [0.05, 0.1) is 11.1 Å². The van der Waals surface area contributed by atoms with Crippen LogP contribution in [0, 0.1) is 0 Å². The molecular weight excluding hydrogens is 366 g/mol. The van der Waals surface area contributed by atoms with Gasteiger partial charge in [-0.3, -0.25) is 19.3 Å². The minimum absolute atomic E-state index is 0. The number of nitrogens with one attached hydrogen (secondary N) is 1. The van der Waals surface area contributed by atoms with E-state index in [1.54, 1.807) is 24.3 Å². The van der Waals surface area contributed by atoms with Gasteiger partial charge in [0.25, 0.3) is 11.8 Å². The Bertz CT molecular complexity index is 791. The summed E-state index contributed by atoms with van der Waals surface area (Å²) in [6.45, 7) is 0.787. The summed E-state index contributed by atoms with van der Waals surface area (Å²) in [7, 11) is 0. The summed E-state index contributed by atoms with van der Waals surface area (Å²) in [5, 5.41) is 2.79. The molecule has 0 aliphatic carbocycles. The number of carbonyl (C=O) groups excluding carboxylic acids is 3. The van der Waals surface area contributed by atoms with E-state index in [-0.39, 0.29) is 30.1 Å². The van der Waals surface area contributed by atoms with E-state index in [4.69, 9.17) is 5.73 Å². The maximum atomic E-state index is 12.2. The summed E-state index contributed by atoms with van der Waals surface area (Å²) < 4.78 is 0. The van der Waals surface area contributed by atoms with Crippen molar-refractivity contribution in [2.45, 2.75) is 18.9 Å². The quantitative estimate of drug-likeness (QED) is 0.563. The van der Waals surface area contributed by atoms with Crippen molar-refractivity contribution in [2.75, 3.05) is 13.1 Å². The Morgan fingerprint density at radius 2 is 1.48 bits per heavy atom. The standard InChI is InChI=1S/C20H21N3O3.ClH/c21-17(14-8-2-1-3-9-14)18(24)22-12-6-7-13-23-19(25)15-10-4-5-11-16(15)20(23)26;/h1-5,8-11,17H,6-7,12-13,21H2,(H,22,24);1H. The topological polar surface area (TPSA) is 92.5 Å². The van der Waals surface area contributed by atoms with E-state index in [2.05, 4.69) is 5.32 Å². The first-order chi connectivity index (χ1) is 12.6. The highest BCUT2D eigenvalue weighted by molar-refractivity contribution is 6.21. The van der Waals surface area contributed by atoms with Crippen molar-refractivity contribution in [2.24, 2.45) is 5.73 Å². The van der Waals surface area contributed by atoms with E-state index in [1.165, 1.54) is 4.90 Å². The number of benzene rings is 2. The summed E-state index contributed by atoms with van der Waals surface area (Å²) >= 11 is 0. The fourth-order valence-electron chi connectivity index (χ4n) is 2.97. The monoisotopic (exact) mass is 387 g/mol. The molecule has 0 fully saturated rings. The van der Waals surface area contributed by atoms with Crippen molar-refractivity contribution in [3.63, 3.8) is 0 Å². The summed E-state index contributed by atoms with van der Waals surface area (Å²) in [5.74, 6) is -0.738. The fraction of sp³-hybridized carbons (Fsp3) is 0.250. The Morgan fingerprint density at radius 3 is 2.07 bits per heavy atom. The normalized spacial score (nSPS) is 13.7. The van der Waals surface area contributed by atoms with Crippen LogP contribution in [-0.2, 0) is 4.79 Å². The number of amides is 3. The van der Waals surface area contributed by atoms with Crippen LogP contribution in [0.3, 0.4) is 0 Å². The van der Waals surface area contributed by atoms with Crippen LogP contribution in [0.15, 0.2) is 54.6 Å². The van der Waals surface area contributed by atoms with Gasteiger partial charge in [0.2, 0.25) is 5.91 Å². The van der Waals surface area contributed by atoms with E-state index in [9.17, 15) is 14.4 Å². The van der Waals surface area contributed by atoms with Gasteiger partial charge in [-0.25, -0.2) is 0 Å². The molecule has 2 aromatic rings. The summed E-state index contributed by atoms with van der Waals surface area (Å²) in [5.41, 5.74) is 7.60. The molecule has 1 atom stereocenters. The van der Waals surface area contributed by atoms with Gasteiger partial charge in [0.15, 0.2) is 0 Å². The lowest BCUT2D eigenvalue weighted by atomic mass is 10.1. The molecule has 1 aliphatic heterocycles. The zero-order chi connectivity index (χ0) is 18.5. The van der Waals surface area contributed by atoms with Gasteiger partial charge in [-0.1, -0.05) is 42.5 Å². The lowest BCUT2D eigenvalue weighted by Crippen LogP contribution is -2.35.